The summed E-state index contributed by atoms with van der Waals surface area (Å²) in [6.45, 7) is 1.94. The lowest BCUT2D eigenvalue weighted by Crippen LogP contribution is -2.31. The largest absolute Gasteiger partial charge is 0.492 e. The number of carbonyl (C=O) groups excluding carboxylic acids is 6. The van der Waals surface area contributed by atoms with E-state index in [1.54, 1.807) is 109 Å². The standard InChI is InChI=1S/C54H58N8O11/c55-51(56)41-9-7-39-33-45(21-15-37(39)31-41)72-53(67)35-11-17-43(18-12-35)70-29-25-61-49(65)5-1-3-47(63)59-23-27-69-28-24-60-48(64)4-2-6-50(66)62-26-30-71-44-19-13-36(14-20-44)54(68)73-46-22-16-38-32-42(52(57)58)10-8-40(38)34-46/h7-22,31-34H,1-6,23-30H2,(H3,55,56)(H3,57,58)(H,59,63)(H,60,64)(H,61,65)(H,62,66). The molecule has 0 aromatic heterocycles. The van der Waals surface area contributed by atoms with Gasteiger partial charge in [-0.3, -0.25) is 30.0 Å². The molecule has 6 aromatic carbocycles. The maximum Gasteiger partial charge on any atom is 0.343 e. The van der Waals surface area contributed by atoms with Gasteiger partial charge in [0.25, 0.3) is 0 Å². The zero-order chi connectivity index (χ0) is 52.0. The molecule has 73 heavy (non-hydrogen) atoms. The highest BCUT2D eigenvalue weighted by atomic mass is 16.5. The maximum absolute atomic E-state index is 12.7. The van der Waals surface area contributed by atoms with Crippen LogP contribution < -0.4 is 51.7 Å². The van der Waals surface area contributed by atoms with Crippen molar-refractivity contribution in [2.75, 3.05) is 52.6 Å². The second kappa shape index (κ2) is 27.5. The van der Waals surface area contributed by atoms with E-state index in [0.717, 1.165) is 21.5 Å². The average Bonchev–Trinajstić information content (AvgIpc) is 3.38. The van der Waals surface area contributed by atoms with Gasteiger partial charge in [-0.2, -0.15) is 0 Å². The molecule has 0 unspecified atom stereocenters. The van der Waals surface area contributed by atoms with Crippen LogP contribution in [-0.4, -0.2) is 99.8 Å². The van der Waals surface area contributed by atoms with Crippen molar-refractivity contribution in [3.63, 3.8) is 0 Å². The summed E-state index contributed by atoms with van der Waals surface area (Å²) in [5.74, 6) is -0.199. The number of benzene rings is 6. The lowest BCUT2D eigenvalue weighted by Gasteiger charge is -2.10. The van der Waals surface area contributed by atoms with Gasteiger partial charge in [0.15, 0.2) is 0 Å². The number of nitrogen functional groups attached to an aromatic ring is 2. The van der Waals surface area contributed by atoms with Crippen molar-refractivity contribution < 1.29 is 52.5 Å². The zero-order valence-electron chi connectivity index (χ0n) is 40.1. The fourth-order valence-electron chi connectivity index (χ4n) is 7.13. The molecule has 0 saturated heterocycles. The van der Waals surface area contributed by atoms with Crippen LogP contribution in [0.1, 0.15) is 70.4 Å². The van der Waals surface area contributed by atoms with Crippen LogP contribution in [0.25, 0.3) is 21.5 Å². The molecule has 19 heteroatoms. The van der Waals surface area contributed by atoms with Crippen LogP contribution in [0.5, 0.6) is 23.0 Å². The van der Waals surface area contributed by atoms with E-state index in [2.05, 4.69) is 21.3 Å². The van der Waals surface area contributed by atoms with Crippen molar-refractivity contribution in [1.29, 1.82) is 10.8 Å². The van der Waals surface area contributed by atoms with Crippen molar-refractivity contribution in [3.8, 4) is 23.0 Å². The third kappa shape index (κ3) is 17.8. The summed E-state index contributed by atoms with van der Waals surface area (Å²) in [7, 11) is 0. The van der Waals surface area contributed by atoms with Gasteiger partial charge in [-0.15, -0.1) is 0 Å². The fourth-order valence-corrected chi connectivity index (χ4v) is 7.13. The van der Waals surface area contributed by atoms with E-state index in [-0.39, 0.29) is 114 Å². The van der Waals surface area contributed by atoms with Crippen molar-refractivity contribution in [1.82, 2.24) is 21.3 Å². The Hall–Kier alpha value is -8.84. The highest BCUT2D eigenvalue weighted by Crippen LogP contribution is 2.25. The summed E-state index contributed by atoms with van der Waals surface area (Å²) >= 11 is 0. The molecule has 0 atom stereocenters. The first kappa shape index (κ1) is 53.5. The van der Waals surface area contributed by atoms with Gasteiger partial charge < -0.3 is 56.4 Å². The predicted octanol–water partition coefficient (Wildman–Crippen LogP) is 5.28. The molecule has 6 rings (SSSR count). The van der Waals surface area contributed by atoms with Crippen molar-refractivity contribution in [2.24, 2.45) is 11.5 Å². The first-order chi connectivity index (χ1) is 35.3. The van der Waals surface area contributed by atoms with Crippen LogP contribution >= 0.6 is 0 Å². The summed E-state index contributed by atoms with van der Waals surface area (Å²) in [5.41, 5.74) is 13.0. The van der Waals surface area contributed by atoms with Gasteiger partial charge in [-0.05, 0) is 119 Å². The van der Waals surface area contributed by atoms with Gasteiger partial charge in [-0.1, -0.05) is 36.4 Å². The number of hydrogen-bond donors (Lipinski definition) is 8. The lowest BCUT2D eigenvalue weighted by molar-refractivity contribution is -0.124. The minimum Gasteiger partial charge on any atom is -0.492 e. The molecular formula is C54H58N8O11. The topological polar surface area (TPSA) is 296 Å². The normalized spacial score (nSPS) is 10.7. The van der Waals surface area contributed by atoms with Gasteiger partial charge in [-0.25, -0.2) is 9.59 Å². The molecular weight excluding hydrogens is 937 g/mol. The Morgan fingerprint density at radius 1 is 0.384 bits per heavy atom. The SMILES string of the molecule is N=C(N)c1ccc2cc(OC(=O)c3ccc(OCCNC(=O)CCCC(=O)NCCOCCNC(=O)CCCC(=O)NCCOc4ccc(C(=O)Oc5ccc6cc(C(=N)N)ccc6c5)cc4)cc3)ccc2c1. The molecule has 0 spiro atoms. The Morgan fingerprint density at radius 2 is 0.685 bits per heavy atom. The van der Waals surface area contributed by atoms with Gasteiger partial charge in [0.1, 0.15) is 47.9 Å². The molecule has 6 aromatic rings. The van der Waals surface area contributed by atoms with Crippen LogP contribution in [0.2, 0.25) is 0 Å². The Balaban J connectivity index is 0.707. The van der Waals surface area contributed by atoms with Gasteiger partial charge in [0.05, 0.1) is 37.4 Å². The number of esters is 2. The van der Waals surface area contributed by atoms with Crippen LogP contribution in [0.4, 0.5) is 0 Å². The number of amidine groups is 2. The van der Waals surface area contributed by atoms with Crippen molar-refractivity contribution >= 4 is 68.8 Å². The quantitative estimate of drug-likeness (QED) is 0.0102. The molecule has 380 valence electrons. The Kier molecular flexibility index (Phi) is 20.2. The van der Waals surface area contributed by atoms with E-state index < -0.39 is 11.9 Å². The molecule has 0 aliphatic carbocycles. The second-order valence-electron chi connectivity index (χ2n) is 16.5. The van der Waals surface area contributed by atoms with Gasteiger partial charge >= 0.3 is 11.9 Å². The third-order valence-corrected chi connectivity index (χ3v) is 11.0. The monoisotopic (exact) mass is 994 g/mol. The molecule has 0 radical (unpaired) electrons. The molecule has 0 aliphatic rings. The molecule has 10 N–H and O–H groups in total. The maximum atomic E-state index is 12.7. The number of rotatable bonds is 28. The highest BCUT2D eigenvalue weighted by molar-refractivity contribution is 6.01. The van der Waals surface area contributed by atoms with Crippen LogP contribution in [-0.2, 0) is 23.9 Å². The summed E-state index contributed by atoms with van der Waals surface area (Å²) in [5, 5.41) is 29.6. The number of fused-ring (bicyclic) bond motifs is 2. The van der Waals surface area contributed by atoms with Crippen LogP contribution in [0, 0.1) is 10.8 Å². The minimum atomic E-state index is -0.534. The first-order valence-electron chi connectivity index (χ1n) is 23.6. The minimum absolute atomic E-state index is 0.0262. The Labute approximate surface area is 421 Å². The fraction of sp³-hybridized carbons (Fsp3) is 0.259. The van der Waals surface area contributed by atoms with E-state index in [1.165, 1.54) is 0 Å². The lowest BCUT2D eigenvalue weighted by atomic mass is 10.1. The van der Waals surface area contributed by atoms with E-state index >= 15 is 0 Å². The van der Waals surface area contributed by atoms with Crippen molar-refractivity contribution in [2.45, 2.75) is 38.5 Å². The van der Waals surface area contributed by atoms with E-state index in [4.69, 9.17) is 46.0 Å². The molecule has 4 amide bonds. The summed E-state index contributed by atoms with van der Waals surface area (Å²) in [6, 6.07) is 34.0. The summed E-state index contributed by atoms with van der Waals surface area (Å²) < 4.78 is 27.9. The molecule has 0 saturated carbocycles. The summed E-state index contributed by atoms with van der Waals surface area (Å²) in [4.78, 5) is 74.3. The number of carbonyl (C=O) groups is 6. The van der Waals surface area contributed by atoms with Gasteiger partial charge in [0, 0.05) is 49.9 Å². The summed E-state index contributed by atoms with van der Waals surface area (Å²) in [6.07, 6.45) is 1.39. The smallest absolute Gasteiger partial charge is 0.343 e. The molecule has 0 fully saturated rings. The first-order valence-corrected chi connectivity index (χ1v) is 23.6. The van der Waals surface area contributed by atoms with Crippen molar-refractivity contribution in [3.05, 3.63) is 144 Å². The highest BCUT2D eigenvalue weighted by Gasteiger charge is 2.13. The number of hydrogen-bond acceptors (Lipinski definition) is 13. The molecule has 0 heterocycles. The second-order valence-corrected chi connectivity index (χ2v) is 16.5. The molecule has 19 nitrogen and oxygen atoms in total. The van der Waals surface area contributed by atoms with E-state index in [9.17, 15) is 28.8 Å². The van der Waals surface area contributed by atoms with E-state index in [1.807, 2.05) is 12.1 Å². The van der Waals surface area contributed by atoms with Gasteiger partial charge in [0.2, 0.25) is 23.6 Å². The van der Waals surface area contributed by atoms with Crippen LogP contribution in [0.3, 0.4) is 0 Å². The number of nitrogens with one attached hydrogen (secondary N) is 6. The number of amides is 4. The predicted molar refractivity (Wildman–Crippen MR) is 274 cm³/mol. The Morgan fingerprint density at radius 3 is 1.04 bits per heavy atom. The average molecular weight is 995 g/mol. The molecule has 0 bridgehead atoms. The number of nitrogens with two attached hydrogens (primary N) is 2. The molecule has 0 aliphatic heterocycles. The number of ether oxygens (including phenoxy) is 5. The third-order valence-electron chi connectivity index (χ3n) is 11.0. The zero-order valence-corrected chi connectivity index (χ0v) is 40.1. The van der Waals surface area contributed by atoms with Crippen LogP contribution in [0.15, 0.2) is 121 Å². The Bertz CT molecular complexity index is 2730. The van der Waals surface area contributed by atoms with E-state index in [0.29, 0.717) is 58.1 Å².